The summed E-state index contributed by atoms with van der Waals surface area (Å²) in [6, 6.07) is 9.75. The van der Waals surface area contributed by atoms with Crippen LogP contribution in [0.3, 0.4) is 0 Å². The van der Waals surface area contributed by atoms with Gasteiger partial charge in [-0.3, -0.25) is 0 Å². The van der Waals surface area contributed by atoms with Crippen molar-refractivity contribution in [2.45, 2.75) is 6.55 Å². The Bertz CT molecular complexity index is 220. The predicted molar refractivity (Wildman–Crippen MR) is 56.5 cm³/mol. The second-order valence-corrected chi connectivity index (χ2v) is 16.3. The van der Waals surface area contributed by atoms with Crippen LogP contribution in [-0.4, -0.2) is 5.56 Å². The summed E-state index contributed by atoms with van der Waals surface area (Å²) in [6.07, 6.45) is 0. The Morgan fingerprint density at radius 1 is 1.18 bits per heavy atom. The summed E-state index contributed by atoms with van der Waals surface area (Å²) < 4.78 is 5.57. The number of hydrogen-bond donors (Lipinski definition) is 0. The first-order valence-electron chi connectivity index (χ1n) is 3.20. The molecule has 0 aliphatic heterocycles. The summed E-state index contributed by atoms with van der Waals surface area (Å²) >= 11 is 6.90. The Morgan fingerprint density at radius 2 is 1.73 bits per heavy atom. The average Bonchev–Trinajstić information content (AvgIpc) is 1.85. The van der Waals surface area contributed by atoms with Gasteiger partial charge in [0.25, 0.3) is 0 Å². The standard InChI is InChI=1S/C7H8Br2OSi/c1-11(8,9)10-7-5-3-2-4-6-7/h2-6H,1H3. The monoisotopic (exact) mass is 294 g/mol. The summed E-state index contributed by atoms with van der Waals surface area (Å²) in [7, 11) is 0. The van der Waals surface area contributed by atoms with Gasteiger partial charge in [-0.2, -0.15) is 0 Å². The van der Waals surface area contributed by atoms with Gasteiger partial charge in [0.15, 0.2) is 0 Å². The molecule has 0 spiro atoms. The Balaban J connectivity index is 2.66. The third-order valence-corrected chi connectivity index (χ3v) is 2.61. The van der Waals surface area contributed by atoms with Crippen molar-refractivity contribution in [1.29, 1.82) is 0 Å². The third kappa shape index (κ3) is 3.93. The second kappa shape index (κ2) is 3.73. The molecule has 0 radical (unpaired) electrons. The number of halogens is 2. The minimum Gasteiger partial charge on any atom is -0.524 e. The summed E-state index contributed by atoms with van der Waals surface area (Å²) in [5.41, 5.74) is -1.77. The van der Waals surface area contributed by atoms with Gasteiger partial charge >= 0.3 is 5.56 Å². The van der Waals surface area contributed by atoms with Crippen LogP contribution in [0.4, 0.5) is 0 Å². The third-order valence-electron chi connectivity index (χ3n) is 1.04. The molecule has 0 fully saturated rings. The van der Waals surface area contributed by atoms with Crippen LogP contribution in [-0.2, 0) is 0 Å². The number of benzene rings is 1. The van der Waals surface area contributed by atoms with Gasteiger partial charge in [0.2, 0.25) is 0 Å². The molecule has 4 heteroatoms. The Labute approximate surface area is 83.0 Å². The fraction of sp³-hybridized carbons (Fsp3) is 0.143. The van der Waals surface area contributed by atoms with Gasteiger partial charge in [-0.25, -0.2) is 0 Å². The number of hydrogen-bond acceptors (Lipinski definition) is 1. The largest absolute Gasteiger partial charge is 0.524 e. The molecule has 0 aliphatic rings. The predicted octanol–water partition coefficient (Wildman–Crippen LogP) is 3.42. The molecule has 1 aromatic rings. The van der Waals surface area contributed by atoms with Crippen molar-refractivity contribution in [1.82, 2.24) is 0 Å². The molecular weight excluding hydrogens is 288 g/mol. The van der Waals surface area contributed by atoms with Crippen molar-refractivity contribution in [3.8, 4) is 5.75 Å². The zero-order valence-corrected chi connectivity index (χ0v) is 10.2. The Kier molecular flexibility index (Phi) is 3.15. The van der Waals surface area contributed by atoms with Gasteiger partial charge in [-0.05, 0) is 18.7 Å². The quantitative estimate of drug-likeness (QED) is 0.600. The first kappa shape index (κ1) is 9.29. The van der Waals surface area contributed by atoms with E-state index in [1.54, 1.807) is 0 Å². The molecule has 0 saturated carbocycles. The molecule has 0 aromatic heterocycles. The van der Waals surface area contributed by atoms with Crippen molar-refractivity contribution in [2.75, 3.05) is 0 Å². The highest BCUT2D eigenvalue weighted by molar-refractivity contribution is 9.50. The van der Waals surface area contributed by atoms with Crippen LogP contribution in [0.1, 0.15) is 0 Å². The van der Waals surface area contributed by atoms with E-state index in [0.717, 1.165) is 5.75 Å². The fourth-order valence-corrected chi connectivity index (χ4v) is 2.37. The van der Waals surface area contributed by atoms with Gasteiger partial charge in [-0.15, -0.1) is 0 Å². The Hall–Kier alpha value is 0.197. The molecule has 1 rings (SSSR count). The first-order chi connectivity index (χ1) is 5.08. The van der Waals surface area contributed by atoms with Gasteiger partial charge in [0.1, 0.15) is 5.75 Å². The lowest BCUT2D eigenvalue weighted by atomic mass is 10.3. The van der Waals surface area contributed by atoms with Gasteiger partial charge in [-0.1, -0.05) is 48.8 Å². The van der Waals surface area contributed by atoms with Gasteiger partial charge < -0.3 is 4.43 Å². The van der Waals surface area contributed by atoms with Crippen LogP contribution >= 0.6 is 30.6 Å². The minimum absolute atomic E-state index is 0.899. The summed E-state index contributed by atoms with van der Waals surface area (Å²) in [4.78, 5) is 0. The molecule has 1 nitrogen and oxygen atoms in total. The summed E-state index contributed by atoms with van der Waals surface area (Å²) in [6.45, 7) is 2.01. The van der Waals surface area contributed by atoms with Crippen LogP contribution in [0, 0.1) is 0 Å². The molecule has 11 heavy (non-hydrogen) atoms. The van der Waals surface area contributed by atoms with E-state index in [4.69, 9.17) is 4.43 Å². The maximum atomic E-state index is 5.57. The summed E-state index contributed by atoms with van der Waals surface area (Å²) in [5.74, 6) is 0.899. The van der Waals surface area contributed by atoms with Crippen molar-refractivity contribution in [3.63, 3.8) is 0 Å². The highest BCUT2D eigenvalue weighted by atomic mass is 79.9. The SMILES string of the molecule is C[Si](Br)(Br)Oc1ccccc1. The van der Waals surface area contributed by atoms with E-state index in [9.17, 15) is 0 Å². The number of rotatable bonds is 2. The van der Waals surface area contributed by atoms with E-state index >= 15 is 0 Å². The number of para-hydroxylation sites is 1. The smallest absolute Gasteiger partial charge is 0.390 e. The molecule has 0 heterocycles. The Morgan fingerprint density at radius 3 is 2.18 bits per heavy atom. The lowest BCUT2D eigenvalue weighted by molar-refractivity contribution is 0.591. The molecular formula is C7H8Br2OSi. The van der Waals surface area contributed by atoms with E-state index < -0.39 is 5.56 Å². The average molecular weight is 296 g/mol. The molecule has 0 saturated heterocycles. The molecule has 0 atom stereocenters. The van der Waals surface area contributed by atoms with Crippen molar-refractivity contribution < 1.29 is 4.43 Å². The van der Waals surface area contributed by atoms with Crippen molar-refractivity contribution >= 4 is 36.1 Å². The van der Waals surface area contributed by atoms with Gasteiger partial charge in [0, 0.05) is 0 Å². The molecule has 60 valence electrons. The van der Waals surface area contributed by atoms with Crippen molar-refractivity contribution in [3.05, 3.63) is 30.3 Å². The lowest BCUT2D eigenvalue weighted by Crippen LogP contribution is -2.21. The minimum atomic E-state index is -1.77. The second-order valence-electron chi connectivity index (χ2n) is 2.22. The highest BCUT2D eigenvalue weighted by Crippen LogP contribution is 2.24. The topological polar surface area (TPSA) is 9.23 Å². The van der Waals surface area contributed by atoms with Crippen molar-refractivity contribution in [2.24, 2.45) is 0 Å². The van der Waals surface area contributed by atoms with E-state index in [2.05, 4.69) is 30.6 Å². The molecule has 1 aromatic carbocycles. The van der Waals surface area contributed by atoms with E-state index in [1.165, 1.54) is 0 Å². The van der Waals surface area contributed by atoms with Crippen LogP contribution in [0.15, 0.2) is 30.3 Å². The van der Waals surface area contributed by atoms with Crippen LogP contribution in [0.25, 0.3) is 0 Å². The molecule has 0 N–H and O–H groups in total. The first-order valence-corrected chi connectivity index (χ1v) is 10.1. The molecule has 0 aliphatic carbocycles. The normalized spacial score (nSPS) is 11.2. The fourth-order valence-electron chi connectivity index (χ4n) is 0.695. The lowest BCUT2D eigenvalue weighted by Gasteiger charge is -2.14. The molecule has 0 amide bonds. The van der Waals surface area contributed by atoms with Crippen LogP contribution in [0.2, 0.25) is 6.55 Å². The maximum Gasteiger partial charge on any atom is 0.390 e. The zero-order chi connectivity index (χ0) is 8.32. The zero-order valence-electron chi connectivity index (χ0n) is 6.05. The van der Waals surface area contributed by atoms with Gasteiger partial charge in [0.05, 0.1) is 0 Å². The van der Waals surface area contributed by atoms with E-state index in [-0.39, 0.29) is 0 Å². The van der Waals surface area contributed by atoms with Crippen LogP contribution < -0.4 is 4.43 Å². The van der Waals surface area contributed by atoms with E-state index in [1.807, 2.05) is 36.9 Å². The molecule has 0 bridgehead atoms. The maximum absolute atomic E-state index is 5.57. The molecule has 0 unspecified atom stereocenters. The highest BCUT2D eigenvalue weighted by Gasteiger charge is 2.22. The summed E-state index contributed by atoms with van der Waals surface area (Å²) in [5, 5.41) is 0. The van der Waals surface area contributed by atoms with E-state index in [0.29, 0.717) is 0 Å². The van der Waals surface area contributed by atoms with Crippen LogP contribution in [0.5, 0.6) is 5.75 Å².